The van der Waals surface area contributed by atoms with Gasteiger partial charge in [0.05, 0.1) is 13.2 Å². The molecular formula is C44H60O6Si. The van der Waals surface area contributed by atoms with Crippen molar-refractivity contribution in [1.29, 1.82) is 0 Å². The number of rotatable bonds is 17. The third kappa shape index (κ3) is 9.68. The Kier molecular flexibility index (Phi) is 14.3. The number of allylic oxidation sites excluding steroid dienone is 2. The second kappa shape index (κ2) is 18.6. The van der Waals surface area contributed by atoms with Crippen LogP contribution in [0.1, 0.15) is 84.1 Å². The molecule has 1 heterocycles. The van der Waals surface area contributed by atoms with Crippen molar-refractivity contribution in [1.82, 2.24) is 0 Å². The van der Waals surface area contributed by atoms with E-state index in [2.05, 4.69) is 124 Å². The first-order valence-corrected chi connectivity index (χ1v) is 21.0. The number of carbonyl (C=O) groups is 1. The number of aryl methyl sites for hydroxylation is 1. The fourth-order valence-electron chi connectivity index (χ4n) is 8.68. The van der Waals surface area contributed by atoms with Crippen LogP contribution in [0.4, 0.5) is 0 Å². The Labute approximate surface area is 307 Å². The van der Waals surface area contributed by atoms with Crippen molar-refractivity contribution in [3.8, 4) is 0 Å². The van der Waals surface area contributed by atoms with Crippen LogP contribution in [0.25, 0.3) is 0 Å². The summed E-state index contributed by atoms with van der Waals surface area (Å²) >= 11 is 0. The average molecular weight is 713 g/mol. The van der Waals surface area contributed by atoms with E-state index in [1.54, 1.807) is 0 Å². The summed E-state index contributed by atoms with van der Waals surface area (Å²) in [6.07, 6.45) is 12.6. The van der Waals surface area contributed by atoms with E-state index in [1.165, 1.54) is 23.0 Å². The second-order valence-corrected chi connectivity index (χ2v) is 19.9. The summed E-state index contributed by atoms with van der Waals surface area (Å²) in [4.78, 5) is 11.7. The van der Waals surface area contributed by atoms with Gasteiger partial charge in [0, 0.05) is 32.2 Å². The standard InChI is InChI=1S/C44H60O6Si/c1-43(2,3)51(36-22-12-8-13-23-36,37-24-14-9-15-25-37)49-34-38-39(33-45)44(30-28-35-20-10-7-11-21-35,29-18-6-5-16-26-41(46)47-4)32-40(38)50-42-27-17-19-31-48-42/h6-15,18,20-25,38-40,42,45H,5,16-17,19,26-34H2,1-4H3/t38-,39-,40-,42?,44+/m1/s1. The molecule has 0 radical (unpaired) electrons. The maximum absolute atomic E-state index is 11.7. The fraction of sp³-hybridized carbons (Fsp3) is 0.523. The summed E-state index contributed by atoms with van der Waals surface area (Å²) in [6, 6.07) is 32.3. The molecule has 0 amide bonds. The van der Waals surface area contributed by atoms with E-state index in [4.69, 9.17) is 18.6 Å². The van der Waals surface area contributed by atoms with Crippen molar-refractivity contribution in [3.05, 3.63) is 109 Å². The first-order valence-electron chi connectivity index (χ1n) is 19.1. The SMILES string of the molecule is COC(=O)CCCC=CC[C@]1(CCc2ccccc2)C[C@@H](OC2CCCCO2)[C@H](CO[Si](c2ccccc2)(c2ccccc2)C(C)(C)C)[C@H]1CO. The molecule has 2 fully saturated rings. The molecule has 3 aromatic rings. The summed E-state index contributed by atoms with van der Waals surface area (Å²) in [7, 11) is -1.39. The summed E-state index contributed by atoms with van der Waals surface area (Å²) in [5.74, 6) is -0.231. The van der Waals surface area contributed by atoms with Gasteiger partial charge >= 0.3 is 5.97 Å². The zero-order valence-electron chi connectivity index (χ0n) is 31.3. The Hall–Kier alpha value is -3.07. The van der Waals surface area contributed by atoms with Gasteiger partial charge in [-0.05, 0) is 90.1 Å². The van der Waals surface area contributed by atoms with Crippen LogP contribution in [0.15, 0.2) is 103 Å². The first kappa shape index (κ1) is 39.1. The minimum Gasteiger partial charge on any atom is -0.469 e. The van der Waals surface area contributed by atoms with Gasteiger partial charge in [-0.25, -0.2) is 0 Å². The van der Waals surface area contributed by atoms with Crippen LogP contribution in [-0.4, -0.2) is 58.7 Å². The molecule has 0 spiro atoms. The normalized spacial score (nSPS) is 24.2. The maximum Gasteiger partial charge on any atom is 0.305 e. The number of hydrogen-bond acceptors (Lipinski definition) is 6. The Morgan fingerprint density at radius 1 is 0.941 bits per heavy atom. The quantitative estimate of drug-likeness (QED) is 0.0662. The Morgan fingerprint density at radius 3 is 2.16 bits per heavy atom. The number of unbranched alkanes of at least 4 members (excludes halogenated alkanes) is 1. The summed E-state index contributed by atoms with van der Waals surface area (Å²) in [5.41, 5.74) is 1.10. The lowest BCUT2D eigenvalue weighted by Crippen LogP contribution is -2.67. The highest BCUT2D eigenvalue weighted by atomic mass is 28.4. The van der Waals surface area contributed by atoms with Crippen LogP contribution in [0.2, 0.25) is 5.04 Å². The van der Waals surface area contributed by atoms with Gasteiger partial charge in [0.1, 0.15) is 0 Å². The molecule has 1 aliphatic heterocycles. The third-order valence-electron chi connectivity index (χ3n) is 11.4. The molecule has 1 aliphatic carbocycles. The average Bonchev–Trinajstić information content (AvgIpc) is 3.44. The molecule has 1 N–H and O–H groups in total. The molecule has 276 valence electrons. The predicted molar refractivity (Wildman–Crippen MR) is 208 cm³/mol. The van der Waals surface area contributed by atoms with Gasteiger partial charge in [-0.2, -0.15) is 0 Å². The van der Waals surface area contributed by atoms with Crippen LogP contribution < -0.4 is 10.4 Å². The number of aliphatic hydroxyl groups is 1. The highest BCUT2D eigenvalue weighted by molar-refractivity contribution is 6.99. The maximum atomic E-state index is 11.7. The molecule has 1 unspecified atom stereocenters. The molecule has 2 aliphatic rings. The molecule has 1 saturated heterocycles. The third-order valence-corrected chi connectivity index (χ3v) is 16.4. The molecule has 7 heteroatoms. The zero-order valence-corrected chi connectivity index (χ0v) is 32.3. The minimum absolute atomic E-state index is 0.0225. The lowest BCUT2D eigenvalue weighted by atomic mass is 9.69. The second-order valence-electron chi connectivity index (χ2n) is 15.6. The molecular weight excluding hydrogens is 653 g/mol. The van der Waals surface area contributed by atoms with Gasteiger partial charge in [-0.1, -0.05) is 124 Å². The smallest absolute Gasteiger partial charge is 0.305 e. The van der Waals surface area contributed by atoms with E-state index < -0.39 is 8.32 Å². The number of esters is 1. The van der Waals surface area contributed by atoms with Gasteiger partial charge in [-0.3, -0.25) is 4.79 Å². The lowest BCUT2D eigenvalue weighted by molar-refractivity contribution is -0.198. The number of benzene rings is 3. The van der Waals surface area contributed by atoms with Gasteiger partial charge in [0.15, 0.2) is 6.29 Å². The first-order chi connectivity index (χ1) is 24.7. The molecule has 0 aromatic heterocycles. The molecule has 6 nitrogen and oxygen atoms in total. The van der Waals surface area contributed by atoms with Crippen LogP contribution in [0.3, 0.4) is 0 Å². The highest BCUT2D eigenvalue weighted by Gasteiger charge is 2.56. The van der Waals surface area contributed by atoms with E-state index >= 15 is 0 Å². The van der Waals surface area contributed by atoms with Crippen molar-refractivity contribution in [2.75, 3.05) is 26.9 Å². The topological polar surface area (TPSA) is 74.2 Å². The van der Waals surface area contributed by atoms with Gasteiger partial charge < -0.3 is 23.7 Å². The Morgan fingerprint density at radius 2 is 1.59 bits per heavy atom. The van der Waals surface area contributed by atoms with Crippen LogP contribution >= 0.6 is 0 Å². The molecule has 3 aromatic carbocycles. The highest BCUT2D eigenvalue weighted by Crippen LogP contribution is 2.54. The van der Waals surface area contributed by atoms with Crippen LogP contribution in [0.5, 0.6) is 0 Å². The number of carbonyl (C=O) groups excluding carboxylic acids is 1. The van der Waals surface area contributed by atoms with Crippen molar-refractivity contribution in [2.45, 2.75) is 102 Å². The monoisotopic (exact) mass is 712 g/mol. The largest absolute Gasteiger partial charge is 0.469 e. The van der Waals surface area contributed by atoms with Crippen molar-refractivity contribution < 1.29 is 28.5 Å². The number of ether oxygens (including phenoxy) is 3. The minimum atomic E-state index is -2.83. The Bertz CT molecular complexity index is 1440. The lowest BCUT2D eigenvalue weighted by Gasteiger charge is -2.44. The van der Waals surface area contributed by atoms with Gasteiger partial charge in [0.2, 0.25) is 0 Å². The van der Waals surface area contributed by atoms with Crippen molar-refractivity contribution >= 4 is 24.7 Å². The van der Waals surface area contributed by atoms with E-state index in [1.807, 2.05) is 0 Å². The number of methoxy groups -OCH3 is 1. The van der Waals surface area contributed by atoms with E-state index in [0.29, 0.717) is 13.0 Å². The molecule has 5 atom stereocenters. The molecule has 5 rings (SSSR count). The predicted octanol–water partition coefficient (Wildman–Crippen LogP) is 8.01. The summed E-state index contributed by atoms with van der Waals surface area (Å²) < 4.78 is 25.6. The molecule has 51 heavy (non-hydrogen) atoms. The van der Waals surface area contributed by atoms with Crippen LogP contribution in [-0.2, 0) is 29.9 Å². The van der Waals surface area contributed by atoms with Crippen molar-refractivity contribution in [2.24, 2.45) is 17.3 Å². The van der Waals surface area contributed by atoms with E-state index in [9.17, 15) is 9.90 Å². The number of aliphatic hydroxyl groups excluding tert-OH is 1. The van der Waals surface area contributed by atoms with E-state index in [-0.39, 0.29) is 47.3 Å². The summed E-state index contributed by atoms with van der Waals surface area (Å²) in [6.45, 7) is 8.22. The molecule has 1 saturated carbocycles. The zero-order chi connectivity index (χ0) is 36.2. The molecule has 0 bridgehead atoms. The Balaban J connectivity index is 1.51. The van der Waals surface area contributed by atoms with Crippen LogP contribution in [0, 0.1) is 17.3 Å². The summed E-state index contributed by atoms with van der Waals surface area (Å²) in [5, 5.41) is 13.8. The van der Waals surface area contributed by atoms with Gasteiger partial charge in [-0.15, -0.1) is 0 Å². The van der Waals surface area contributed by atoms with E-state index in [0.717, 1.165) is 64.4 Å². The number of hydrogen-bond donors (Lipinski definition) is 1. The van der Waals surface area contributed by atoms with Crippen molar-refractivity contribution in [3.63, 3.8) is 0 Å². The fourth-order valence-corrected chi connectivity index (χ4v) is 13.3. The van der Waals surface area contributed by atoms with Gasteiger partial charge in [0.25, 0.3) is 8.32 Å².